The maximum Gasteiger partial charge on any atom is 0.305 e. The zero-order valence-corrected chi connectivity index (χ0v) is 20.8. The first-order valence-corrected chi connectivity index (χ1v) is 12.5. The number of hydrogen-bond acceptors (Lipinski definition) is 6. The lowest BCUT2D eigenvalue weighted by atomic mass is 10.1. The predicted octanol–water partition coefficient (Wildman–Crippen LogP) is 2.27. The van der Waals surface area contributed by atoms with Crippen LogP contribution in [0.2, 0.25) is 0 Å². The van der Waals surface area contributed by atoms with E-state index < -0.39 is 0 Å². The Labute approximate surface area is 199 Å². The lowest BCUT2D eigenvalue weighted by Crippen LogP contribution is -2.41. The van der Waals surface area contributed by atoms with Gasteiger partial charge in [-0.15, -0.1) is 0 Å². The number of unbranched alkanes of at least 4 members (excludes halogenated alkanes) is 6. The van der Waals surface area contributed by atoms with Crippen LogP contribution in [0.25, 0.3) is 0 Å². The van der Waals surface area contributed by atoms with Crippen molar-refractivity contribution in [1.29, 1.82) is 0 Å². The quantitative estimate of drug-likeness (QED) is 0.174. The fourth-order valence-electron chi connectivity index (χ4n) is 3.35. The van der Waals surface area contributed by atoms with Crippen molar-refractivity contribution in [2.24, 2.45) is 5.73 Å². The van der Waals surface area contributed by atoms with E-state index in [1.165, 1.54) is 7.11 Å². The molecule has 4 N–H and O–H groups in total. The van der Waals surface area contributed by atoms with E-state index in [1.807, 2.05) is 6.92 Å². The molecule has 0 aliphatic carbocycles. The molecule has 9 heteroatoms. The highest BCUT2D eigenvalue weighted by molar-refractivity contribution is 5.84. The number of nitrogens with one attached hydrogen (secondary N) is 2. The molecule has 9 nitrogen and oxygen atoms in total. The Kier molecular flexibility index (Phi) is 20.3. The first-order valence-electron chi connectivity index (χ1n) is 12.5. The van der Waals surface area contributed by atoms with Crippen LogP contribution in [0.4, 0.5) is 0 Å². The third-order valence-electron chi connectivity index (χ3n) is 5.29. The minimum Gasteiger partial charge on any atom is -0.469 e. The largest absolute Gasteiger partial charge is 0.469 e. The highest BCUT2D eigenvalue weighted by Gasteiger charge is 2.15. The Bertz CT molecular complexity index is 557. The average molecular weight is 471 g/mol. The first-order chi connectivity index (χ1) is 15.9. The van der Waals surface area contributed by atoms with Gasteiger partial charge in [0, 0.05) is 38.9 Å². The summed E-state index contributed by atoms with van der Waals surface area (Å²) >= 11 is 0. The maximum absolute atomic E-state index is 12.3. The molecule has 33 heavy (non-hydrogen) atoms. The number of methoxy groups -OCH3 is 1. The third-order valence-corrected chi connectivity index (χ3v) is 5.29. The lowest BCUT2D eigenvalue weighted by molar-refractivity contribution is -0.140. The second-order valence-electron chi connectivity index (χ2n) is 8.31. The van der Waals surface area contributed by atoms with E-state index in [2.05, 4.69) is 15.4 Å². The molecule has 0 radical (unpaired) electrons. The zero-order chi connectivity index (χ0) is 24.7. The third kappa shape index (κ3) is 19.1. The van der Waals surface area contributed by atoms with Crippen LogP contribution in [0.5, 0.6) is 0 Å². The molecule has 0 bridgehead atoms. The van der Waals surface area contributed by atoms with E-state index in [0.29, 0.717) is 45.4 Å². The zero-order valence-electron chi connectivity index (χ0n) is 20.8. The minimum atomic E-state index is -0.198. The van der Waals surface area contributed by atoms with Crippen molar-refractivity contribution < 1.29 is 23.9 Å². The van der Waals surface area contributed by atoms with Gasteiger partial charge in [0.1, 0.15) is 0 Å². The molecule has 0 aromatic heterocycles. The van der Waals surface area contributed by atoms with E-state index in [1.54, 1.807) is 4.90 Å². The fraction of sp³-hybridized carbons (Fsp3) is 0.833. The van der Waals surface area contributed by atoms with Crippen molar-refractivity contribution in [3.63, 3.8) is 0 Å². The van der Waals surface area contributed by atoms with Crippen LogP contribution in [-0.4, -0.2) is 68.4 Å². The van der Waals surface area contributed by atoms with Gasteiger partial charge in [-0.25, -0.2) is 0 Å². The van der Waals surface area contributed by atoms with Gasteiger partial charge in [0.15, 0.2) is 0 Å². The van der Waals surface area contributed by atoms with E-state index in [9.17, 15) is 19.2 Å². The summed E-state index contributed by atoms with van der Waals surface area (Å²) < 4.78 is 4.59. The molecule has 0 heterocycles. The molecule has 0 saturated carbocycles. The second kappa shape index (κ2) is 21.7. The number of rotatable bonds is 21. The van der Waals surface area contributed by atoms with Gasteiger partial charge in [-0.1, -0.05) is 26.2 Å². The van der Waals surface area contributed by atoms with Crippen molar-refractivity contribution in [1.82, 2.24) is 15.5 Å². The summed E-state index contributed by atoms with van der Waals surface area (Å²) in [6.45, 7) is 4.49. The molecular weight excluding hydrogens is 424 g/mol. The van der Waals surface area contributed by atoms with Gasteiger partial charge in [-0.3, -0.25) is 19.2 Å². The van der Waals surface area contributed by atoms with Gasteiger partial charge in [-0.2, -0.15) is 0 Å². The Morgan fingerprint density at radius 3 is 1.94 bits per heavy atom. The topological polar surface area (TPSA) is 131 Å². The number of nitrogens with two attached hydrogens (primary N) is 1. The molecule has 0 saturated heterocycles. The molecular formula is C24H46N4O5. The molecule has 0 fully saturated rings. The molecule has 3 amide bonds. The summed E-state index contributed by atoms with van der Waals surface area (Å²) in [5.74, 6) is -0.273. The predicted molar refractivity (Wildman–Crippen MR) is 129 cm³/mol. The summed E-state index contributed by atoms with van der Waals surface area (Å²) in [4.78, 5) is 49.0. The van der Waals surface area contributed by atoms with Crippen LogP contribution >= 0.6 is 0 Å². The van der Waals surface area contributed by atoms with Crippen molar-refractivity contribution >= 4 is 23.7 Å². The van der Waals surface area contributed by atoms with Gasteiger partial charge in [0.2, 0.25) is 17.7 Å². The van der Waals surface area contributed by atoms with E-state index in [0.717, 1.165) is 64.2 Å². The number of esters is 1. The molecule has 0 rings (SSSR count). The normalized spacial score (nSPS) is 10.5. The minimum absolute atomic E-state index is 0.0264. The number of nitrogens with zero attached hydrogens (tertiary/aromatic N) is 1. The Morgan fingerprint density at radius 2 is 1.33 bits per heavy atom. The van der Waals surface area contributed by atoms with Crippen LogP contribution in [0.1, 0.15) is 90.4 Å². The van der Waals surface area contributed by atoms with Crippen LogP contribution in [0, 0.1) is 0 Å². The molecule has 0 aromatic carbocycles. The van der Waals surface area contributed by atoms with E-state index in [-0.39, 0.29) is 30.2 Å². The number of ether oxygens (including phenoxy) is 1. The van der Waals surface area contributed by atoms with Gasteiger partial charge < -0.3 is 26.0 Å². The van der Waals surface area contributed by atoms with Crippen LogP contribution in [0.3, 0.4) is 0 Å². The molecule has 0 aliphatic rings. The van der Waals surface area contributed by atoms with Crippen LogP contribution < -0.4 is 16.4 Å². The van der Waals surface area contributed by atoms with Crippen molar-refractivity contribution in [2.75, 3.05) is 39.8 Å². The standard InChI is InChI=1S/C24H46N4O5/c1-3-19-28(23(31)14-8-4-10-16-25)20-22(30)27-18-11-5-7-13-21(29)26-17-12-6-9-15-24(32)33-2/h3-20,25H2,1-2H3,(H,26,29)(H,27,30). The highest BCUT2D eigenvalue weighted by atomic mass is 16.5. The van der Waals surface area contributed by atoms with Crippen LogP contribution in [-0.2, 0) is 23.9 Å². The number of hydrogen-bond donors (Lipinski definition) is 3. The SMILES string of the molecule is CCCN(CC(=O)NCCCCCC(=O)NCCCCCC(=O)OC)C(=O)CCCCCN. The monoisotopic (exact) mass is 470 g/mol. The molecule has 0 atom stereocenters. The lowest BCUT2D eigenvalue weighted by Gasteiger charge is -2.21. The smallest absolute Gasteiger partial charge is 0.305 e. The molecule has 0 spiro atoms. The second-order valence-corrected chi connectivity index (χ2v) is 8.31. The first kappa shape index (κ1) is 30.8. The average Bonchev–Trinajstić information content (AvgIpc) is 2.80. The number of carbonyl (C=O) groups excluding carboxylic acids is 4. The summed E-state index contributed by atoms with van der Waals surface area (Å²) in [5.41, 5.74) is 5.48. The molecule has 0 unspecified atom stereocenters. The fourth-order valence-corrected chi connectivity index (χ4v) is 3.35. The van der Waals surface area contributed by atoms with Crippen LogP contribution in [0.15, 0.2) is 0 Å². The summed E-state index contributed by atoms with van der Waals surface area (Å²) in [6.07, 6.45) is 9.75. The number of carbonyl (C=O) groups is 4. The highest BCUT2D eigenvalue weighted by Crippen LogP contribution is 2.05. The Balaban J connectivity index is 3.78. The number of amides is 3. The van der Waals surface area contributed by atoms with Crippen molar-refractivity contribution in [3.8, 4) is 0 Å². The molecule has 0 aliphatic heterocycles. The van der Waals surface area contributed by atoms with E-state index >= 15 is 0 Å². The maximum atomic E-state index is 12.3. The van der Waals surface area contributed by atoms with Gasteiger partial charge in [0.05, 0.1) is 13.7 Å². The van der Waals surface area contributed by atoms with E-state index in [4.69, 9.17) is 5.73 Å². The molecule has 0 aromatic rings. The van der Waals surface area contributed by atoms with Crippen molar-refractivity contribution in [3.05, 3.63) is 0 Å². The summed E-state index contributed by atoms with van der Waals surface area (Å²) in [6, 6.07) is 0. The summed E-state index contributed by atoms with van der Waals surface area (Å²) in [5, 5.41) is 5.77. The van der Waals surface area contributed by atoms with Gasteiger partial charge in [0.25, 0.3) is 0 Å². The molecule has 192 valence electrons. The van der Waals surface area contributed by atoms with Crippen molar-refractivity contribution in [2.45, 2.75) is 90.4 Å². The van der Waals surface area contributed by atoms with Gasteiger partial charge in [-0.05, 0) is 51.5 Å². The Hall–Kier alpha value is -2.16. The Morgan fingerprint density at radius 1 is 0.758 bits per heavy atom. The van der Waals surface area contributed by atoms with Gasteiger partial charge >= 0.3 is 5.97 Å². The summed E-state index contributed by atoms with van der Waals surface area (Å²) in [7, 11) is 1.38.